The second-order valence-electron chi connectivity index (χ2n) is 0.247. The van der Waals surface area contributed by atoms with E-state index in [-0.39, 0.29) is 0 Å². The van der Waals surface area contributed by atoms with Gasteiger partial charge in [0.25, 0.3) is 0 Å². The first-order valence-electron chi connectivity index (χ1n) is 1.36. The molecular formula is C3H6Cl3. The molecule has 0 aromatic carbocycles. The number of rotatable bonds is 0. The third kappa shape index (κ3) is 96.4. The Kier molecular flexibility index (Phi) is 15.5. The fraction of sp³-hybridized carbons (Fsp3) is 0.667. The summed E-state index contributed by atoms with van der Waals surface area (Å²) in [5.74, 6) is 0. The zero-order chi connectivity index (χ0) is 5.58. The molecule has 0 N–H and O–H groups in total. The maximum atomic E-state index is 4.81. The van der Waals surface area contributed by atoms with Crippen molar-refractivity contribution in [2.45, 2.75) is 11.2 Å². The van der Waals surface area contributed by atoms with Gasteiger partial charge >= 0.3 is 0 Å². The highest BCUT2D eigenvalue weighted by molar-refractivity contribution is 6.63. The quantitative estimate of drug-likeness (QED) is 0.464. The van der Waals surface area contributed by atoms with Gasteiger partial charge < -0.3 is 0 Å². The predicted octanol–water partition coefficient (Wildman–Crippen LogP) is 2.83. The molecule has 0 aromatic rings. The fourth-order valence-electron chi connectivity index (χ4n) is 0. The van der Waals surface area contributed by atoms with Gasteiger partial charge in [0.05, 0.1) is 0 Å². The Morgan fingerprint density at radius 3 is 1.17 bits per heavy atom. The zero-order valence-corrected chi connectivity index (χ0v) is 5.69. The Bertz CT molecular complexity index is 10.8. The van der Waals surface area contributed by atoms with Crippen molar-refractivity contribution in [3.8, 4) is 0 Å². The second-order valence-corrected chi connectivity index (χ2v) is 2.23. The van der Waals surface area contributed by atoms with E-state index < -0.39 is 4.30 Å². The van der Waals surface area contributed by atoms with Crippen LogP contribution in [0.25, 0.3) is 0 Å². The van der Waals surface area contributed by atoms with Crippen molar-refractivity contribution in [3.05, 3.63) is 6.92 Å². The third-order valence-corrected chi connectivity index (χ3v) is 0. The molecule has 0 bridgehead atoms. The summed E-state index contributed by atoms with van der Waals surface area (Å²) in [6, 6.07) is 0. The van der Waals surface area contributed by atoms with Crippen LogP contribution >= 0.6 is 34.8 Å². The number of halogens is 3. The van der Waals surface area contributed by atoms with Gasteiger partial charge in [-0.25, -0.2) is 0 Å². The summed E-state index contributed by atoms with van der Waals surface area (Å²) in [5.41, 5.74) is 0. The van der Waals surface area contributed by atoms with Crippen molar-refractivity contribution in [1.82, 2.24) is 0 Å². The molecule has 0 nitrogen and oxygen atoms in total. The molecule has 0 aromatic heterocycles. The van der Waals surface area contributed by atoms with Crippen LogP contribution in [0.15, 0.2) is 0 Å². The lowest BCUT2D eigenvalue weighted by Gasteiger charge is -1.69. The van der Waals surface area contributed by atoms with Gasteiger partial charge in [-0.05, 0) is 0 Å². The Hall–Kier alpha value is 0.870. The van der Waals surface area contributed by atoms with E-state index in [1.807, 2.05) is 0 Å². The maximum absolute atomic E-state index is 4.81. The average molecular weight is 148 g/mol. The van der Waals surface area contributed by atoms with Crippen LogP contribution < -0.4 is 0 Å². The topological polar surface area (TPSA) is 0 Å². The first-order chi connectivity index (χ1) is 2.73. The zero-order valence-electron chi connectivity index (χ0n) is 3.42. The van der Waals surface area contributed by atoms with E-state index >= 15 is 0 Å². The molecule has 0 saturated carbocycles. The van der Waals surface area contributed by atoms with Gasteiger partial charge in [-0.3, -0.25) is 0 Å². The van der Waals surface area contributed by atoms with Gasteiger partial charge in [0.1, 0.15) is 0 Å². The monoisotopic (exact) mass is 147 g/mol. The number of alkyl halides is 3. The van der Waals surface area contributed by atoms with Crippen LogP contribution in [-0.4, -0.2) is 4.30 Å². The van der Waals surface area contributed by atoms with Crippen molar-refractivity contribution < 1.29 is 0 Å². The summed E-state index contributed by atoms with van der Waals surface area (Å²) in [5, 5.41) is 0. The van der Waals surface area contributed by atoms with Crippen molar-refractivity contribution >= 4 is 34.8 Å². The van der Waals surface area contributed by atoms with E-state index in [1.54, 1.807) is 6.92 Å². The van der Waals surface area contributed by atoms with Gasteiger partial charge in [0.2, 0.25) is 0 Å². The smallest absolute Gasteiger partial charge is 0.0874 e. The highest BCUT2D eigenvalue weighted by Crippen LogP contribution is 2.03. The normalized spacial score (nSPS) is 7.00. The van der Waals surface area contributed by atoms with Crippen LogP contribution in [0.1, 0.15) is 6.92 Å². The minimum Gasteiger partial charge on any atom is -0.0874 e. The lowest BCUT2D eigenvalue weighted by molar-refractivity contribution is 1.81. The summed E-state index contributed by atoms with van der Waals surface area (Å²) in [6.45, 7) is 5.00. The molecule has 0 spiro atoms. The largest absolute Gasteiger partial charge is 0.180 e. The molecule has 0 unspecified atom stereocenters. The molecule has 0 heterocycles. The van der Waals surface area contributed by atoms with Crippen LogP contribution in [0.3, 0.4) is 0 Å². The maximum Gasteiger partial charge on any atom is 0.180 e. The average Bonchev–Trinajstić information content (AvgIpc) is 1.41. The fourth-order valence-corrected chi connectivity index (χ4v) is 0. The van der Waals surface area contributed by atoms with Gasteiger partial charge in [0.15, 0.2) is 4.30 Å². The molecule has 0 fully saturated rings. The van der Waals surface area contributed by atoms with E-state index in [0.29, 0.717) is 0 Å². The van der Waals surface area contributed by atoms with Gasteiger partial charge in [-0.2, -0.15) is 0 Å². The summed E-state index contributed by atoms with van der Waals surface area (Å²) < 4.78 is -0.750. The van der Waals surface area contributed by atoms with E-state index in [2.05, 4.69) is 6.92 Å². The lowest BCUT2D eigenvalue weighted by atomic mass is 11.0. The van der Waals surface area contributed by atoms with E-state index in [9.17, 15) is 0 Å². The second kappa shape index (κ2) is 9.30. The van der Waals surface area contributed by atoms with Crippen molar-refractivity contribution in [1.29, 1.82) is 0 Å². The first-order valence-corrected chi connectivity index (χ1v) is 2.67. The Labute approximate surface area is 53.4 Å². The molecular weight excluding hydrogens is 142 g/mol. The minimum atomic E-state index is -0.750. The standard InChI is InChI=1S/C2H5.CHCl3/c1-2;2-1(3)4/h1H2,2H3;1H. The molecule has 0 atom stereocenters. The van der Waals surface area contributed by atoms with Gasteiger partial charge in [-0.1, -0.05) is 48.7 Å². The SMILES string of the molecule is ClC(Cl)Cl.[CH2]C. The van der Waals surface area contributed by atoms with E-state index in [4.69, 9.17) is 34.8 Å². The molecule has 0 amide bonds. The highest BCUT2D eigenvalue weighted by atomic mass is 35.6. The van der Waals surface area contributed by atoms with E-state index in [0.717, 1.165) is 0 Å². The van der Waals surface area contributed by atoms with Gasteiger partial charge in [-0.15, -0.1) is 0 Å². The summed E-state index contributed by atoms with van der Waals surface area (Å²) in [6.07, 6.45) is 0. The van der Waals surface area contributed by atoms with Crippen LogP contribution in [0.2, 0.25) is 0 Å². The van der Waals surface area contributed by atoms with Crippen molar-refractivity contribution in [2.24, 2.45) is 0 Å². The molecule has 0 aliphatic heterocycles. The summed E-state index contributed by atoms with van der Waals surface area (Å²) in [4.78, 5) is 0. The molecule has 1 radical (unpaired) electrons. The third-order valence-electron chi connectivity index (χ3n) is 0. The van der Waals surface area contributed by atoms with E-state index in [1.165, 1.54) is 0 Å². The van der Waals surface area contributed by atoms with Crippen LogP contribution in [0.5, 0.6) is 0 Å². The summed E-state index contributed by atoms with van der Waals surface area (Å²) >= 11 is 14.4. The number of hydrogen-bond donors (Lipinski definition) is 0. The molecule has 3 heteroatoms. The van der Waals surface area contributed by atoms with Crippen LogP contribution in [-0.2, 0) is 0 Å². The van der Waals surface area contributed by atoms with Gasteiger partial charge in [0, 0.05) is 0 Å². The first kappa shape index (κ1) is 9.98. The molecule has 0 rings (SSSR count). The Morgan fingerprint density at radius 2 is 1.17 bits per heavy atom. The molecule has 6 heavy (non-hydrogen) atoms. The van der Waals surface area contributed by atoms with Crippen molar-refractivity contribution in [3.63, 3.8) is 0 Å². The molecule has 0 aliphatic carbocycles. The van der Waals surface area contributed by atoms with Crippen LogP contribution in [0.4, 0.5) is 0 Å². The Balaban J connectivity index is 0. The molecule has 39 valence electrons. The number of hydrogen-bond acceptors (Lipinski definition) is 0. The minimum absolute atomic E-state index is 0.750. The van der Waals surface area contributed by atoms with Crippen LogP contribution in [0, 0.1) is 6.92 Å². The lowest BCUT2D eigenvalue weighted by Crippen LogP contribution is -1.55. The Morgan fingerprint density at radius 1 is 1.17 bits per heavy atom. The molecule has 0 aliphatic rings. The van der Waals surface area contributed by atoms with Crippen molar-refractivity contribution in [2.75, 3.05) is 0 Å². The molecule has 0 saturated heterocycles. The summed E-state index contributed by atoms with van der Waals surface area (Å²) in [7, 11) is 0. The highest BCUT2D eigenvalue weighted by Gasteiger charge is 1.78. The predicted molar refractivity (Wildman–Crippen MR) is 32.4 cm³/mol.